The molecule has 0 aliphatic carbocycles. The Morgan fingerprint density at radius 2 is 1.94 bits per heavy atom. The van der Waals surface area contributed by atoms with Crippen molar-refractivity contribution in [3.05, 3.63) is 51.2 Å². The Bertz CT molecular complexity index is 529. The van der Waals surface area contributed by atoms with E-state index in [1.807, 2.05) is 30.3 Å². The molecule has 0 unspecified atom stereocenters. The number of methoxy groups -OCH3 is 1. The van der Waals surface area contributed by atoms with Crippen LogP contribution in [0, 0.1) is 0 Å². The maximum atomic E-state index is 5.11. The third-order valence-electron chi connectivity index (χ3n) is 2.43. The number of halogens is 2. The van der Waals surface area contributed by atoms with Gasteiger partial charge in [-0.3, -0.25) is 4.98 Å². The van der Waals surface area contributed by atoms with E-state index >= 15 is 0 Å². The normalized spacial score (nSPS) is 10.2. The average Bonchev–Trinajstić information content (AvgIpc) is 2.38. The van der Waals surface area contributed by atoms with Crippen LogP contribution in [-0.2, 0) is 6.54 Å². The van der Waals surface area contributed by atoms with E-state index in [1.165, 1.54) is 0 Å². The highest BCUT2D eigenvalue weighted by molar-refractivity contribution is 9.11. The molecule has 0 spiro atoms. The van der Waals surface area contributed by atoms with Crippen LogP contribution < -0.4 is 10.1 Å². The second kappa shape index (κ2) is 6.20. The first-order valence-electron chi connectivity index (χ1n) is 5.37. The number of pyridine rings is 1. The molecule has 0 saturated heterocycles. The molecule has 0 aliphatic rings. The van der Waals surface area contributed by atoms with Gasteiger partial charge >= 0.3 is 0 Å². The predicted molar refractivity (Wildman–Crippen MR) is 80.0 cm³/mol. The molecule has 1 heterocycles. The van der Waals surface area contributed by atoms with E-state index in [0.29, 0.717) is 6.54 Å². The summed E-state index contributed by atoms with van der Waals surface area (Å²) in [6.07, 6.45) is 1.79. The standard InChI is InChI=1S/C13H12Br2N2O/c1-18-11-4-2-10(3-5-11)16-8-13-12(15)6-9(14)7-17-13/h2-7,16H,8H2,1H3. The van der Waals surface area contributed by atoms with Crippen molar-refractivity contribution in [2.24, 2.45) is 0 Å². The minimum Gasteiger partial charge on any atom is -0.497 e. The lowest BCUT2D eigenvalue weighted by atomic mass is 10.3. The van der Waals surface area contributed by atoms with E-state index in [2.05, 4.69) is 42.2 Å². The molecule has 2 aromatic rings. The Kier molecular flexibility index (Phi) is 4.60. The van der Waals surface area contributed by atoms with E-state index in [0.717, 1.165) is 26.1 Å². The van der Waals surface area contributed by atoms with Gasteiger partial charge in [-0.25, -0.2) is 0 Å². The Morgan fingerprint density at radius 1 is 1.22 bits per heavy atom. The van der Waals surface area contributed by atoms with Gasteiger partial charge in [-0.1, -0.05) is 0 Å². The van der Waals surface area contributed by atoms with Gasteiger partial charge in [0.2, 0.25) is 0 Å². The maximum absolute atomic E-state index is 5.11. The number of ether oxygens (including phenoxy) is 1. The van der Waals surface area contributed by atoms with E-state index in [9.17, 15) is 0 Å². The fraction of sp³-hybridized carbons (Fsp3) is 0.154. The topological polar surface area (TPSA) is 34.1 Å². The molecular weight excluding hydrogens is 360 g/mol. The van der Waals surface area contributed by atoms with Crippen LogP contribution in [0.25, 0.3) is 0 Å². The smallest absolute Gasteiger partial charge is 0.119 e. The van der Waals surface area contributed by atoms with Crippen LogP contribution in [0.5, 0.6) is 5.75 Å². The third-order valence-corrected chi connectivity index (χ3v) is 3.55. The van der Waals surface area contributed by atoms with Gasteiger partial charge in [0, 0.05) is 20.8 Å². The van der Waals surface area contributed by atoms with Gasteiger partial charge in [-0.05, 0) is 62.2 Å². The number of nitrogens with zero attached hydrogens (tertiary/aromatic N) is 1. The summed E-state index contributed by atoms with van der Waals surface area (Å²) in [6.45, 7) is 0.667. The number of aromatic nitrogens is 1. The lowest BCUT2D eigenvalue weighted by Crippen LogP contribution is -2.02. The van der Waals surface area contributed by atoms with Crippen molar-refractivity contribution in [2.45, 2.75) is 6.54 Å². The van der Waals surface area contributed by atoms with Crippen molar-refractivity contribution < 1.29 is 4.74 Å². The van der Waals surface area contributed by atoms with Gasteiger partial charge in [0.1, 0.15) is 5.75 Å². The van der Waals surface area contributed by atoms with Crippen molar-refractivity contribution in [1.29, 1.82) is 0 Å². The molecule has 0 saturated carbocycles. The van der Waals surface area contributed by atoms with E-state index < -0.39 is 0 Å². The Balaban J connectivity index is 2.02. The maximum Gasteiger partial charge on any atom is 0.119 e. The largest absolute Gasteiger partial charge is 0.497 e. The number of hydrogen-bond acceptors (Lipinski definition) is 3. The molecular formula is C13H12Br2N2O. The molecule has 5 heteroatoms. The number of anilines is 1. The molecule has 1 aromatic heterocycles. The quantitative estimate of drug-likeness (QED) is 0.873. The SMILES string of the molecule is COc1ccc(NCc2ncc(Br)cc2Br)cc1. The number of rotatable bonds is 4. The van der Waals surface area contributed by atoms with Crippen molar-refractivity contribution in [2.75, 3.05) is 12.4 Å². The molecule has 1 N–H and O–H groups in total. The Morgan fingerprint density at radius 3 is 2.56 bits per heavy atom. The second-order valence-corrected chi connectivity index (χ2v) is 5.43. The number of benzene rings is 1. The molecule has 0 aliphatic heterocycles. The molecule has 0 radical (unpaired) electrons. The summed E-state index contributed by atoms with van der Waals surface area (Å²) in [4.78, 5) is 4.35. The summed E-state index contributed by atoms with van der Waals surface area (Å²) in [7, 11) is 1.66. The lowest BCUT2D eigenvalue weighted by molar-refractivity contribution is 0.415. The molecule has 0 amide bonds. The van der Waals surface area contributed by atoms with Crippen LogP contribution in [0.15, 0.2) is 45.5 Å². The van der Waals surface area contributed by atoms with Gasteiger partial charge in [-0.15, -0.1) is 0 Å². The highest BCUT2D eigenvalue weighted by Crippen LogP contribution is 2.21. The first-order chi connectivity index (χ1) is 8.69. The molecule has 0 atom stereocenters. The second-order valence-electron chi connectivity index (χ2n) is 3.66. The molecule has 1 aromatic carbocycles. The van der Waals surface area contributed by atoms with E-state index in [1.54, 1.807) is 13.3 Å². The average molecular weight is 372 g/mol. The van der Waals surface area contributed by atoms with Gasteiger partial charge in [0.15, 0.2) is 0 Å². The highest BCUT2D eigenvalue weighted by Gasteiger charge is 2.02. The molecule has 94 valence electrons. The Labute approximate surface area is 123 Å². The van der Waals surface area contributed by atoms with E-state index in [4.69, 9.17) is 4.74 Å². The van der Waals surface area contributed by atoms with Gasteiger partial charge in [0.25, 0.3) is 0 Å². The zero-order valence-electron chi connectivity index (χ0n) is 9.78. The van der Waals surface area contributed by atoms with Gasteiger partial charge < -0.3 is 10.1 Å². The fourth-order valence-electron chi connectivity index (χ4n) is 1.47. The lowest BCUT2D eigenvalue weighted by Gasteiger charge is -2.08. The zero-order chi connectivity index (χ0) is 13.0. The summed E-state index contributed by atoms with van der Waals surface area (Å²) in [5.41, 5.74) is 2.00. The zero-order valence-corrected chi connectivity index (χ0v) is 13.0. The summed E-state index contributed by atoms with van der Waals surface area (Å²) in [5, 5.41) is 3.31. The predicted octanol–water partition coefficient (Wildman–Crippen LogP) is 4.23. The molecule has 0 bridgehead atoms. The van der Waals surface area contributed by atoms with Crippen molar-refractivity contribution >= 4 is 37.5 Å². The van der Waals surface area contributed by atoms with Crippen LogP contribution in [0.1, 0.15) is 5.69 Å². The monoisotopic (exact) mass is 370 g/mol. The van der Waals surface area contributed by atoms with Gasteiger partial charge in [0.05, 0.1) is 19.3 Å². The van der Waals surface area contributed by atoms with Crippen molar-refractivity contribution in [1.82, 2.24) is 4.98 Å². The van der Waals surface area contributed by atoms with Crippen LogP contribution in [-0.4, -0.2) is 12.1 Å². The minimum absolute atomic E-state index is 0.667. The summed E-state index contributed by atoms with van der Waals surface area (Å²) in [5.74, 6) is 0.850. The van der Waals surface area contributed by atoms with Crippen LogP contribution in [0.4, 0.5) is 5.69 Å². The fourth-order valence-corrected chi connectivity index (χ4v) is 2.60. The molecule has 2 rings (SSSR count). The molecule has 3 nitrogen and oxygen atoms in total. The van der Waals surface area contributed by atoms with E-state index in [-0.39, 0.29) is 0 Å². The number of hydrogen-bond donors (Lipinski definition) is 1. The summed E-state index contributed by atoms with van der Waals surface area (Å²) >= 11 is 6.87. The Hall–Kier alpha value is -1.07. The number of nitrogens with one attached hydrogen (secondary N) is 1. The third kappa shape index (κ3) is 3.46. The van der Waals surface area contributed by atoms with Crippen LogP contribution >= 0.6 is 31.9 Å². The molecule has 18 heavy (non-hydrogen) atoms. The summed E-state index contributed by atoms with van der Waals surface area (Å²) in [6, 6.07) is 9.79. The van der Waals surface area contributed by atoms with Crippen molar-refractivity contribution in [3.63, 3.8) is 0 Å². The first kappa shape index (κ1) is 13.4. The van der Waals surface area contributed by atoms with Gasteiger partial charge in [-0.2, -0.15) is 0 Å². The molecule has 0 fully saturated rings. The highest BCUT2D eigenvalue weighted by atomic mass is 79.9. The minimum atomic E-state index is 0.667. The van der Waals surface area contributed by atoms with Crippen LogP contribution in [0.3, 0.4) is 0 Å². The van der Waals surface area contributed by atoms with Crippen LogP contribution in [0.2, 0.25) is 0 Å². The first-order valence-corrected chi connectivity index (χ1v) is 6.95. The van der Waals surface area contributed by atoms with Crippen molar-refractivity contribution in [3.8, 4) is 5.75 Å². The summed E-state index contributed by atoms with van der Waals surface area (Å²) < 4.78 is 7.06.